The van der Waals surface area contributed by atoms with Crippen molar-refractivity contribution >= 4 is 33.0 Å². The van der Waals surface area contributed by atoms with Crippen LogP contribution in [0.3, 0.4) is 0 Å². The number of nitrogens with one attached hydrogen (secondary N) is 1. The van der Waals surface area contributed by atoms with Crippen molar-refractivity contribution in [2.24, 2.45) is 0 Å². The molecule has 1 N–H and O–H groups in total. The van der Waals surface area contributed by atoms with E-state index in [1.165, 1.54) is 0 Å². The second-order valence-corrected chi connectivity index (χ2v) is 10.1. The van der Waals surface area contributed by atoms with E-state index in [4.69, 9.17) is 0 Å². The lowest BCUT2D eigenvalue weighted by Crippen LogP contribution is -2.24. The second-order valence-electron chi connectivity index (χ2n) is 7.61. The zero-order chi connectivity index (χ0) is 21.2. The summed E-state index contributed by atoms with van der Waals surface area (Å²) in [5.74, 6) is -0.0540. The number of nitrogens with zero attached hydrogens (tertiary/aromatic N) is 1. The summed E-state index contributed by atoms with van der Waals surface area (Å²) in [4.78, 5) is 26.4. The van der Waals surface area contributed by atoms with Gasteiger partial charge in [0.25, 0.3) is 0 Å². The molecule has 0 bridgehead atoms. The molecule has 1 aliphatic heterocycles. The molecule has 0 radical (unpaired) electrons. The molecule has 0 aliphatic carbocycles. The number of hydrogen-bond donors (Lipinski definition) is 1. The molecule has 1 saturated heterocycles. The van der Waals surface area contributed by atoms with Crippen molar-refractivity contribution in [2.45, 2.75) is 50.2 Å². The molecule has 6 nitrogen and oxygen atoms in total. The number of rotatable bonds is 6. The Hall–Kier alpha value is -2.67. The molecule has 0 saturated carbocycles. The van der Waals surface area contributed by atoms with Gasteiger partial charge in [0.15, 0.2) is 9.84 Å². The minimum absolute atomic E-state index is 0.132. The summed E-state index contributed by atoms with van der Waals surface area (Å²) in [7, 11) is -3.32. The molecule has 1 aliphatic rings. The summed E-state index contributed by atoms with van der Waals surface area (Å²) in [6.07, 6.45) is 1.59. The van der Waals surface area contributed by atoms with Gasteiger partial charge in [0.2, 0.25) is 11.8 Å². The number of amides is 2. The van der Waals surface area contributed by atoms with Gasteiger partial charge in [0.05, 0.1) is 16.6 Å². The van der Waals surface area contributed by atoms with E-state index in [1.54, 1.807) is 49.1 Å². The van der Waals surface area contributed by atoms with Crippen molar-refractivity contribution < 1.29 is 18.0 Å². The van der Waals surface area contributed by atoms with Gasteiger partial charge in [-0.1, -0.05) is 12.1 Å². The average molecular weight is 415 g/mol. The van der Waals surface area contributed by atoms with Gasteiger partial charge >= 0.3 is 0 Å². The molecular formula is C22H26N2O4S. The normalized spacial score (nSPS) is 14.5. The number of anilines is 2. The van der Waals surface area contributed by atoms with Crippen LogP contribution >= 0.6 is 0 Å². The Morgan fingerprint density at radius 1 is 1.14 bits per heavy atom. The summed E-state index contributed by atoms with van der Waals surface area (Å²) in [5.41, 5.74) is 3.22. The van der Waals surface area contributed by atoms with Crippen molar-refractivity contribution in [2.75, 3.05) is 16.8 Å². The Bertz CT molecular complexity index is 1030. The topological polar surface area (TPSA) is 83.6 Å². The molecule has 2 aromatic rings. The third-order valence-corrected chi connectivity index (χ3v) is 7.25. The number of hydrogen-bond acceptors (Lipinski definition) is 4. The van der Waals surface area contributed by atoms with E-state index in [-0.39, 0.29) is 23.1 Å². The van der Waals surface area contributed by atoms with Crippen molar-refractivity contribution in [3.8, 4) is 0 Å². The highest BCUT2D eigenvalue weighted by Crippen LogP contribution is 2.27. The van der Waals surface area contributed by atoms with E-state index < -0.39 is 15.1 Å². The largest absolute Gasteiger partial charge is 0.326 e. The fourth-order valence-corrected chi connectivity index (χ4v) is 4.46. The standard InChI is InChI=1S/C22H26N2O4S/c1-15(2)29(27,28)19-9-6-17(7-10-19)14-21(25)23-18-8-11-20(16(3)13-18)24-12-4-5-22(24)26/h6-11,13,15H,4-5,12,14H2,1-3H3,(H,23,25). The SMILES string of the molecule is Cc1cc(NC(=O)Cc2ccc(S(=O)(=O)C(C)C)cc2)ccc1N1CCCC1=O. The second kappa shape index (κ2) is 8.37. The van der Waals surface area contributed by atoms with Crippen molar-refractivity contribution in [3.05, 3.63) is 53.6 Å². The first-order valence-corrected chi connectivity index (χ1v) is 11.3. The highest BCUT2D eigenvalue weighted by Gasteiger charge is 2.23. The maximum absolute atomic E-state index is 12.4. The van der Waals surface area contributed by atoms with Gasteiger partial charge in [0.1, 0.15) is 0 Å². The van der Waals surface area contributed by atoms with Gasteiger partial charge < -0.3 is 10.2 Å². The zero-order valence-electron chi connectivity index (χ0n) is 16.9. The van der Waals surface area contributed by atoms with Crippen LogP contribution in [0.2, 0.25) is 0 Å². The molecule has 7 heteroatoms. The van der Waals surface area contributed by atoms with Gasteiger partial charge in [-0.3, -0.25) is 9.59 Å². The van der Waals surface area contributed by atoms with Crippen LogP contribution in [0.5, 0.6) is 0 Å². The van der Waals surface area contributed by atoms with Gasteiger partial charge in [-0.15, -0.1) is 0 Å². The number of carbonyl (C=O) groups excluding carboxylic acids is 2. The Labute approximate surface area is 171 Å². The number of sulfone groups is 1. The maximum Gasteiger partial charge on any atom is 0.228 e. The molecule has 2 aromatic carbocycles. The Kier molecular flexibility index (Phi) is 6.07. The Morgan fingerprint density at radius 2 is 1.83 bits per heavy atom. The number of carbonyl (C=O) groups is 2. The van der Waals surface area contributed by atoms with Crippen molar-refractivity contribution in [1.82, 2.24) is 0 Å². The van der Waals surface area contributed by atoms with Crippen LogP contribution in [0.25, 0.3) is 0 Å². The van der Waals surface area contributed by atoms with E-state index in [2.05, 4.69) is 5.32 Å². The minimum Gasteiger partial charge on any atom is -0.326 e. The molecule has 0 unspecified atom stereocenters. The van der Waals surface area contributed by atoms with Crippen molar-refractivity contribution in [3.63, 3.8) is 0 Å². The van der Waals surface area contributed by atoms with E-state index in [0.29, 0.717) is 12.1 Å². The van der Waals surface area contributed by atoms with Crippen LogP contribution in [0.1, 0.15) is 37.8 Å². The Morgan fingerprint density at radius 3 is 2.38 bits per heavy atom. The Balaban J connectivity index is 1.65. The third-order valence-electron chi connectivity index (χ3n) is 5.08. The van der Waals surface area contributed by atoms with Crippen LogP contribution in [0.4, 0.5) is 11.4 Å². The average Bonchev–Trinajstić information content (AvgIpc) is 3.08. The van der Waals surface area contributed by atoms with E-state index in [1.807, 2.05) is 19.1 Å². The van der Waals surface area contributed by atoms with Crippen LogP contribution < -0.4 is 10.2 Å². The monoisotopic (exact) mass is 414 g/mol. The number of aryl methyl sites for hydroxylation is 1. The first-order valence-electron chi connectivity index (χ1n) is 9.72. The van der Waals surface area contributed by atoms with E-state index >= 15 is 0 Å². The van der Waals surface area contributed by atoms with Gasteiger partial charge in [0, 0.05) is 24.3 Å². The van der Waals surface area contributed by atoms with Crippen LogP contribution in [0.15, 0.2) is 47.4 Å². The molecule has 154 valence electrons. The minimum atomic E-state index is -3.32. The molecular weight excluding hydrogens is 388 g/mol. The lowest BCUT2D eigenvalue weighted by molar-refractivity contribution is -0.117. The predicted molar refractivity (Wildman–Crippen MR) is 114 cm³/mol. The van der Waals surface area contributed by atoms with Crippen LogP contribution in [-0.4, -0.2) is 32.0 Å². The highest BCUT2D eigenvalue weighted by molar-refractivity contribution is 7.92. The first kappa shape index (κ1) is 21.0. The molecule has 3 rings (SSSR count). The fraction of sp³-hybridized carbons (Fsp3) is 0.364. The summed E-state index contributed by atoms with van der Waals surface area (Å²) >= 11 is 0. The molecule has 0 spiro atoms. The number of benzene rings is 2. The van der Waals surface area contributed by atoms with Crippen molar-refractivity contribution in [1.29, 1.82) is 0 Å². The van der Waals surface area contributed by atoms with Gasteiger partial charge in [-0.25, -0.2) is 8.42 Å². The highest BCUT2D eigenvalue weighted by atomic mass is 32.2. The molecule has 2 amide bonds. The molecule has 29 heavy (non-hydrogen) atoms. The van der Waals surface area contributed by atoms with E-state index in [9.17, 15) is 18.0 Å². The quantitative estimate of drug-likeness (QED) is 0.784. The lowest BCUT2D eigenvalue weighted by atomic mass is 10.1. The van der Waals surface area contributed by atoms with Gasteiger partial charge in [-0.05, 0) is 68.7 Å². The summed E-state index contributed by atoms with van der Waals surface area (Å²) in [6, 6.07) is 11.9. The van der Waals surface area contributed by atoms with E-state index in [0.717, 1.165) is 29.8 Å². The van der Waals surface area contributed by atoms with Gasteiger partial charge in [-0.2, -0.15) is 0 Å². The molecule has 1 heterocycles. The summed E-state index contributed by atoms with van der Waals surface area (Å²) in [6.45, 7) is 5.94. The van der Waals surface area contributed by atoms with Crippen LogP contribution in [-0.2, 0) is 25.8 Å². The summed E-state index contributed by atoms with van der Waals surface area (Å²) < 4.78 is 24.4. The predicted octanol–water partition coefficient (Wildman–Crippen LogP) is 3.49. The molecule has 1 fully saturated rings. The fourth-order valence-electron chi connectivity index (χ4n) is 3.40. The summed E-state index contributed by atoms with van der Waals surface area (Å²) in [5, 5.41) is 2.38. The third kappa shape index (κ3) is 4.67. The molecule has 0 atom stereocenters. The molecule has 0 aromatic heterocycles. The zero-order valence-corrected chi connectivity index (χ0v) is 17.8. The first-order chi connectivity index (χ1) is 13.7. The van der Waals surface area contributed by atoms with Crippen LogP contribution in [0, 0.1) is 6.92 Å². The smallest absolute Gasteiger partial charge is 0.228 e. The maximum atomic E-state index is 12.4. The lowest BCUT2D eigenvalue weighted by Gasteiger charge is -2.19.